The van der Waals surface area contributed by atoms with Crippen LogP contribution in [0.5, 0.6) is 0 Å². The van der Waals surface area contributed by atoms with Crippen molar-refractivity contribution in [2.24, 2.45) is 5.73 Å². The summed E-state index contributed by atoms with van der Waals surface area (Å²) in [5.41, 5.74) is 6.59. The van der Waals surface area contributed by atoms with Crippen LogP contribution in [0, 0.1) is 0 Å². The Balaban J connectivity index is 1.69. The number of aliphatic hydroxyl groups is 1. The van der Waals surface area contributed by atoms with Gasteiger partial charge in [0.15, 0.2) is 12.1 Å². The average Bonchev–Trinajstić information content (AvgIpc) is 2.99. The molecule has 2 fully saturated rings. The second-order valence-corrected chi connectivity index (χ2v) is 6.13. The number of fused-ring (bicyclic) bond motifs is 1. The van der Waals surface area contributed by atoms with Gasteiger partial charge in [-0.3, -0.25) is 0 Å². The number of benzene rings is 1. The molecule has 2 aliphatic rings. The number of hydrogen-bond acceptors (Lipinski definition) is 6. The third kappa shape index (κ3) is 3.17. The first-order valence-electron chi connectivity index (χ1n) is 7.55. The van der Waals surface area contributed by atoms with Crippen LogP contribution in [0.1, 0.15) is 19.4 Å². The largest absolute Gasteiger partial charge is 0.389 e. The molecule has 6 nitrogen and oxygen atoms in total. The Kier molecular flexibility index (Phi) is 4.49. The maximum Gasteiger partial charge on any atom is 0.187 e. The van der Waals surface area contributed by atoms with Crippen molar-refractivity contribution in [1.29, 1.82) is 0 Å². The molecular formula is C16H23NO5. The van der Waals surface area contributed by atoms with Gasteiger partial charge in [0, 0.05) is 6.54 Å². The Morgan fingerprint density at radius 1 is 1.23 bits per heavy atom. The molecule has 2 saturated heterocycles. The summed E-state index contributed by atoms with van der Waals surface area (Å²) < 4.78 is 23.4. The van der Waals surface area contributed by atoms with E-state index in [4.69, 9.17) is 24.7 Å². The van der Waals surface area contributed by atoms with Gasteiger partial charge in [-0.2, -0.15) is 0 Å². The van der Waals surface area contributed by atoms with Crippen molar-refractivity contribution in [3.8, 4) is 0 Å². The van der Waals surface area contributed by atoms with Crippen LogP contribution < -0.4 is 5.73 Å². The first-order valence-corrected chi connectivity index (χ1v) is 7.55. The van der Waals surface area contributed by atoms with E-state index in [0.717, 1.165) is 5.56 Å². The van der Waals surface area contributed by atoms with Crippen LogP contribution in [0.2, 0.25) is 0 Å². The lowest BCUT2D eigenvalue weighted by molar-refractivity contribution is -0.245. The third-order valence-electron chi connectivity index (χ3n) is 3.92. The van der Waals surface area contributed by atoms with E-state index in [2.05, 4.69) is 0 Å². The van der Waals surface area contributed by atoms with Gasteiger partial charge >= 0.3 is 0 Å². The Bertz CT molecular complexity index is 495. The molecule has 2 heterocycles. The lowest BCUT2D eigenvalue weighted by atomic mass is 10.1. The normalized spacial score (nSPS) is 34.5. The molecule has 22 heavy (non-hydrogen) atoms. The van der Waals surface area contributed by atoms with E-state index >= 15 is 0 Å². The quantitative estimate of drug-likeness (QED) is 0.836. The smallest absolute Gasteiger partial charge is 0.187 e. The van der Waals surface area contributed by atoms with Crippen LogP contribution in [0.25, 0.3) is 0 Å². The van der Waals surface area contributed by atoms with E-state index in [0.29, 0.717) is 6.61 Å². The maximum absolute atomic E-state index is 10.0. The van der Waals surface area contributed by atoms with Gasteiger partial charge in [-0.1, -0.05) is 30.3 Å². The summed E-state index contributed by atoms with van der Waals surface area (Å²) in [6.07, 6.45) is -2.69. The Labute approximate surface area is 130 Å². The molecule has 0 radical (unpaired) electrons. The zero-order chi connectivity index (χ0) is 15.7. The number of aliphatic hydroxyl groups excluding tert-OH is 1. The van der Waals surface area contributed by atoms with Gasteiger partial charge in [0.05, 0.1) is 12.7 Å². The fourth-order valence-corrected chi connectivity index (χ4v) is 2.92. The minimum Gasteiger partial charge on any atom is -0.389 e. The van der Waals surface area contributed by atoms with Crippen molar-refractivity contribution in [3.63, 3.8) is 0 Å². The molecule has 122 valence electrons. The highest BCUT2D eigenvalue weighted by Gasteiger charge is 2.57. The summed E-state index contributed by atoms with van der Waals surface area (Å²) >= 11 is 0. The van der Waals surface area contributed by atoms with Crippen LogP contribution >= 0.6 is 0 Å². The number of ether oxygens (including phenoxy) is 4. The summed E-state index contributed by atoms with van der Waals surface area (Å²) in [5, 5.41) is 10.0. The first kappa shape index (κ1) is 15.9. The van der Waals surface area contributed by atoms with Crippen LogP contribution in [0.15, 0.2) is 30.3 Å². The molecule has 0 aliphatic carbocycles. The van der Waals surface area contributed by atoms with E-state index in [-0.39, 0.29) is 18.8 Å². The van der Waals surface area contributed by atoms with Crippen molar-refractivity contribution in [1.82, 2.24) is 0 Å². The predicted molar refractivity (Wildman–Crippen MR) is 78.8 cm³/mol. The molecule has 5 atom stereocenters. The second kappa shape index (κ2) is 6.23. The van der Waals surface area contributed by atoms with Gasteiger partial charge in [-0.15, -0.1) is 0 Å². The summed E-state index contributed by atoms with van der Waals surface area (Å²) in [5.74, 6) is -0.722. The minimum absolute atomic E-state index is 0.100. The van der Waals surface area contributed by atoms with Gasteiger partial charge in [-0.05, 0) is 19.4 Å². The van der Waals surface area contributed by atoms with Crippen molar-refractivity contribution >= 4 is 0 Å². The molecule has 0 saturated carbocycles. The van der Waals surface area contributed by atoms with Gasteiger partial charge in [0.1, 0.15) is 18.3 Å². The van der Waals surface area contributed by atoms with E-state index in [1.807, 2.05) is 44.2 Å². The van der Waals surface area contributed by atoms with Gasteiger partial charge in [0.25, 0.3) is 0 Å². The molecule has 0 spiro atoms. The maximum atomic E-state index is 10.0. The van der Waals surface area contributed by atoms with Gasteiger partial charge < -0.3 is 29.8 Å². The van der Waals surface area contributed by atoms with Crippen molar-refractivity contribution < 1.29 is 24.1 Å². The molecule has 1 aromatic carbocycles. The minimum atomic E-state index is -0.810. The number of rotatable bonds is 5. The SMILES string of the molecule is CC1(C)O[C@@H]2[C@H](O1)[C@@H](OCc1ccccc1)O[C@@H]2[C@H](O)CN. The zero-order valence-corrected chi connectivity index (χ0v) is 12.8. The van der Waals surface area contributed by atoms with Crippen LogP contribution in [-0.2, 0) is 25.6 Å². The standard InChI is InChI=1S/C16H23NO5/c1-16(2)21-13-12(11(18)8-17)20-15(14(13)22-16)19-9-10-6-4-3-5-7-10/h3-7,11-15,18H,8-9,17H2,1-2H3/t11-,12-,13+,14+,15+/m1/s1. The van der Waals surface area contributed by atoms with E-state index in [1.165, 1.54) is 0 Å². The molecule has 6 heteroatoms. The Hall–Kier alpha value is -1.02. The van der Waals surface area contributed by atoms with Crippen LogP contribution in [0.4, 0.5) is 0 Å². The number of hydrogen-bond donors (Lipinski definition) is 2. The van der Waals surface area contributed by atoms with Crippen molar-refractivity contribution in [2.45, 2.75) is 56.9 Å². The summed E-state index contributed by atoms with van der Waals surface area (Å²) in [4.78, 5) is 0. The lowest BCUT2D eigenvalue weighted by Crippen LogP contribution is -2.42. The van der Waals surface area contributed by atoms with Gasteiger partial charge in [0.2, 0.25) is 0 Å². The topological polar surface area (TPSA) is 83.2 Å². The molecule has 0 aromatic heterocycles. The highest BCUT2D eigenvalue weighted by Crippen LogP contribution is 2.40. The zero-order valence-electron chi connectivity index (χ0n) is 12.8. The monoisotopic (exact) mass is 309 g/mol. The highest BCUT2D eigenvalue weighted by molar-refractivity contribution is 5.13. The van der Waals surface area contributed by atoms with E-state index in [1.54, 1.807) is 0 Å². The first-order chi connectivity index (χ1) is 10.5. The molecule has 3 rings (SSSR count). The fourth-order valence-electron chi connectivity index (χ4n) is 2.92. The van der Waals surface area contributed by atoms with E-state index < -0.39 is 24.3 Å². The average molecular weight is 309 g/mol. The molecule has 0 amide bonds. The highest BCUT2D eigenvalue weighted by atomic mass is 16.8. The molecule has 0 bridgehead atoms. The summed E-state index contributed by atoms with van der Waals surface area (Å²) in [7, 11) is 0. The molecule has 0 unspecified atom stereocenters. The fraction of sp³-hybridized carbons (Fsp3) is 0.625. The Morgan fingerprint density at radius 2 is 1.91 bits per heavy atom. The van der Waals surface area contributed by atoms with Gasteiger partial charge in [-0.25, -0.2) is 0 Å². The van der Waals surface area contributed by atoms with Crippen LogP contribution in [-0.4, -0.2) is 48.1 Å². The molecular weight excluding hydrogens is 286 g/mol. The second-order valence-electron chi connectivity index (χ2n) is 6.13. The number of nitrogens with two attached hydrogens (primary N) is 1. The summed E-state index contributed by atoms with van der Waals surface area (Å²) in [6, 6.07) is 9.82. The molecule has 2 aliphatic heterocycles. The summed E-state index contributed by atoms with van der Waals surface area (Å²) in [6.45, 7) is 4.18. The lowest BCUT2D eigenvalue weighted by Gasteiger charge is -2.26. The van der Waals surface area contributed by atoms with E-state index in [9.17, 15) is 5.11 Å². The Morgan fingerprint density at radius 3 is 2.59 bits per heavy atom. The van der Waals surface area contributed by atoms with Crippen LogP contribution in [0.3, 0.4) is 0 Å². The molecule has 1 aromatic rings. The third-order valence-corrected chi connectivity index (χ3v) is 3.92. The van der Waals surface area contributed by atoms with Crippen molar-refractivity contribution in [2.75, 3.05) is 6.54 Å². The van der Waals surface area contributed by atoms with Crippen molar-refractivity contribution in [3.05, 3.63) is 35.9 Å². The molecule has 3 N–H and O–H groups in total. The predicted octanol–water partition coefficient (Wildman–Crippen LogP) is 0.768.